The summed E-state index contributed by atoms with van der Waals surface area (Å²) in [5.74, 6) is 1.16. The maximum atomic E-state index is 11.5. The number of rotatable bonds is 2. The Kier molecular flexibility index (Phi) is 2.78. The largest absolute Gasteiger partial charge is 0.369 e. The molecule has 0 spiro atoms. The molecule has 0 saturated carbocycles. The van der Waals surface area contributed by atoms with Gasteiger partial charge in [-0.25, -0.2) is 13.4 Å². The summed E-state index contributed by atoms with van der Waals surface area (Å²) < 4.78 is 24.9. The van der Waals surface area contributed by atoms with Gasteiger partial charge in [-0.1, -0.05) is 6.07 Å². The monoisotopic (exact) mass is 279 g/mol. The molecule has 1 aliphatic heterocycles. The average molecular weight is 279 g/mol. The quantitative estimate of drug-likeness (QED) is 0.900. The third-order valence-electron chi connectivity index (χ3n) is 3.70. The van der Waals surface area contributed by atoms with Crippen molar-refractivity contribution >= 4 is 26.8 Å². The lowest BCUT2D eigenvalue weighted by Crippen LogP contribution is -2.14. The number of benzene rings is 1. The maximum absolute atomic E-state index is 11.5. The van der Waals surface area contributed by atoms with Crippen molar-refractivity contribution in [3.8, 4) is 0 Å². The molecule has 1 fully saturated rings. The zero-order valence-electron chi connectivity index (χ0n) is 10.8. The van der Waals surface area contributed by atoms with Crippen molar-refractivity contribution in [2.45, 2.75) is 19.9 Å². The minimum Gasteiger partial charge on any atom is -0.369 e. The molecule has 1 saturated heterocycles. The molecule has 2 aromatic rings. The smallest absolute Gasteiger partial charge is 0.201 e. The molecule has 0 amide bonds. The SMILES string of the molecule is Cc1ccc2c(c1)nc(N)n2CC1CCS(=O)(=O)C1. The number of fused-ring (bicyclic) bond motifs is 1. The molecule has 2 heterocycles. The second-order valence-electron chi connectivity index (χ2n) is 5.34. The van der Waals surface area contributed by atoms with Gasteiger partial charge in [-0.05, 0) is 37.0 Å². The lowest BCUT2D eigenvalue weighted by atomic mass is 10.1. The van der Waals surface area contributed by atoms with Crippen LogP contribution in [-0.4, -0.2) is 29.5 Å². The first-order valence-corrected chi connectivity index (χ1v) is 8.19. The van der Waals surface area contributed by atoms with Crippen LogP contribution in [0.15, 0.2) is 18.2 Å². The fourth-order valence-electron chi connectivity index (χ4n) is 2.72. The Balaban J connectivity index is 1.95. The summed E-state index contributed by atoms with van der Waals surface area (Å²) in [4.78, 5) is 4.34. The van der Waals surface area contributed by atoms with Gasteiger partial charge in [0.05, 0.1) is 22.5 Å². The lowest BCUT2D eigenvalue weighted by molar-refractivity contribution is 0.503. The highest BCUT2D eigenvalue weighted by atomic mass is 32.2. The van der Waals surface area contributed by atoms with E-state index in [0.29, 0.717) is 24.7 Å². The van der Waals surface area contributed by atoms with Crippen LogP contribution >= 0.6 is 0 Å². The van der Waals surface area contributed by atoms with Crippen LogP contribution in [0.5, 0.6) is 0 Å². The summed E-state index contributed by atoms with van der Waals surface area (Å²) in [6.07, 6.45) is 0.716. The van der Waals surface area contributed by atoms with Gasteiger partial charge in [0.1, 0.15) is 0 Å². The lowest BCUT2D eigenvalue weighted by Gasteiger charge is -2.11. The third kappa shape index (κ3) is 2.32. The molecule has 1 atom stereocenters. The number of aromatic nitrogens is 2. The van der Waals surface area contributed by atoms with Crippen molar-refractivity contribution < 1.29 is 8.42 Å². The fourth-order valence-corrected chi connectivity index (χ4v) is 4.57. The first-order chi connectivity index (χ1) is 8.94. The van der Waals surface area contributed by atoms with E-state index in [0.717, 1.165) is 16.6 Å². The third-order valence-corrected chi connectivity index (χ3v) is 5.54. The highest BCUT2D eigenvalue weighted by Gasteiger charge is 2.28. The summed E-state index contributed by atoms with van der Waals surface area (Å²) >= 11 is 0. The molecule has 0 radical (unpaired) electrons. The van der Waals surface area contributed by atoms with Crippen LogP contribution in [0.3, 0.4) is 0 Å². The molecule has 5 nitrogen and oxygen atoms in total. The first kappa shape index (κ1) is 12.5. The fraction of sp³-hybridized carbons (Fsp3) is 0.462. The molecule has 6 heteroatoms. The van der Waals surface area contributed by atoms with E-state index in [4.69, 9.17) is 5.73 Å². The number of nitrogens with zero attached hydrogens (tertiary/aromatic N) is 2. The number of sulfone groups is 1. The van der Waals surface area contributed by atoms with Gasteiger partial charge < -0.3 is 10.3 Å². The Morgan fingerprint density at radius 1 is 1.47 bits per heavy atom. The van der Waals surface area contributed by atoms with Gasteiger partial charge in [-0.3, -0.25) is 0 Å². The number of aryl methyl sites for hydroxylation is 1. The first-order valence-electron chi connectivity index (χ1n) is 6.37. The summed E-state index contributed by atoms with van der Waals surface area (Å²) in [5.41, 5.74) is 8.94. The molecule has 19 heavy (non-hydrogen) atoms. The molecule has 1 aromatic heterocycles. The Labute approximate surface area is 112 Å². The topological polar surface area (TPSA) is 78.0 Å². The highest BCUT2D eigenvalue weighted by molar-refractivity contribution is 7.91. The van der Waals surface area contributed by atoms with E-state index in [9.17, 15) is 8.42 Å². The van der Waals surface area contributed by atoms with Gasteiger partial charge in [-0.2, -0.15) is 0 Å². The van der Waals surface area contributed by atoms with Gasteiger partial charge in [0.15, 0.2) is 9.84 Å². The van der Waals surface area contributed by atoms with Crippen molar-refractivity contribution in [2.75, 3.05) is 17.2 Å². The molecule has 0 bridgehead atoms. The maximum Gasteiger partial charge on any atom is 0.201 e. The average Bonchev–Trinajstić information content (AvgIpc) is 2.80. The summed E-state index contributed by atoms with van der Waals surface area (Å²) in [6.45, 7) is 2.64. The molecule has 0 aliphatic carbocycles. The van der Waals surface area contributed by atoms with Gasteiger partial charge in [0, 0.05) is 6.54 Å². The molecular weight excluding hydrogens is 262 g/mol. The van der Waals surface area contributed by atoms with E-state index < -0.39 is 9.84 Å². The molecule has 1 aromatic carbocycles. The second kappa shape index (κ2) is 4.23. The van der Waals surface area contributed by atoms with Crippen molar-refractivity contribution in [1.29, 1.82) is 0 Å². The Hall–Kier alpha value is -1.56. The molecule has 1 aliphatic rings. The Morgan fingerprint density at radius 3 is 2.95 bits per heavy atom. The van der Waals surface area contributed by atoms with E-state index in [1.165, 1.54) is 0 Å². The molecule has 2 N–H and O–H groups in total. The molecule has 3 rings (SSSR count). The Bertz CT molecular complexity index is 734. The van der Waals surface area contributed by atoms with E-state index >= 15 is 0 Å². The number of nitrogens with two attached hydrogens (primary N) is 1. The van der Waals surface area contributed by atoms with Crippen LogP contribution in [0, 0.1) is 12.8 Å². The normalized spacial score (nSPS) is 22.1. The highest BCUT2D eigenvalue weighted by Crippen LogP contribution is 2.25. The van der Waals surface area contributed by atoms with Crippen LogP contribution in [0.1, 0.15) is 12.0 Å². The number of imidazole rings is 1. The van der Waals surface area contributed by atoms with Crippen molar-refractivity contribution in [2.24, 2.45) is 5.92 Å². The van der Waals surface area contributed by atoms with Gasteiger partial charge >= 0.3 is 0 Å². The van der Waals surface area contributed by atoms with Crippen LogP contribution in [0.25, 0.3) is 11.0 Å². The van der Waals surface area contributed by atoms with Gasteiger partial charge in [0.2, 0.25) is 5.95 Å². The number of hydrogen-bond acceptors (Lipinski definition) is 4. The number of nitrogen functional groups attached to an aromatic ring is 1. The standard InChI is InChI=1S/C13H17N3O2S/c1-9-2-3-12-11(6-9)15-13(14)16(12)7-10-4-5-19(17,18)8-10/h2-3,6,10H,4-5,7-8H2,1H3,(H2,14,15). The van der Waals surface area contributed by atoms with Crippen molar-refractivity contribution in [1.82, 2.24) is 9.55 Å². The summed E-state index contributed by atoms with van der Waals surface area (Å²) in [6, 6.07) is 6.01. The minimum atomic E-state index is -2.85. The zero-order chi connectivity index (χ0) is 13.6. The predicted molar refractivity (Wildman–Crippen MR) is 75.6 cm³/mol. The second-order valence-corrected chi connectivity index (χ2v) is 7.57. The number of hydrogen-bond donors (Lipinski definition) is 1. The summed E-state index contributed by atoms with van der Waals surface area (Å²) in [5, 5.41) is 0. The molecule has 1 unspecified atom stereocenters. The Morgan fingerprint density at radius 2 is 2.26 bits per heavy atom. The predicted octanol–water partition coefficient (Wildman–Crippen LogP) is 1.36. The van der Waals surface area contributed by atoms with Crippen molar-refractivity contribution in [3.63, 3.8) is 0 Å². The van der Waals surface area contributed by atoms with Crippen LogP contribution in [-0.2, 0) is 16.4 Å². The van der Waals surface area contributed by atoms with E-state index in [1.54, 1.807) is 0 Å². The molecular formula is C13H17N3O2S. The summed E-state index contributed by atoms with van der Waals surface area (Å²) in [7, 11) is -2.85. The van der Waals surface area contributed by atoms with E-state index in [-0.39, 0.29) is 11.7 Å². The van der Waals surface area contributed by atoms with E-state index in [1.807, 2.05) is 29.7 Å². The van der Waals surface area contributed by atoms with Crippen molar-refractivity contribution in [3.05, 3.63) is 23.8 Å². The number of anilines is 1. The minimum absolute atomic E-state index is 0.144. The zero-order valence-corrected chi connectivity index (χ0v) is 11.7. The van der Waals surface area contributed by atoms with Gasteiger partial charge in [0.25, 0.3) is 0 Å². The van der Waals surface area contributed by atoms with Crippen LogP contribution in [0.4, 0.5) is 5.95 Å². The molecule has 102 valence electrons. The van der Waals surface area contributed by atoms with Crippen LogP contribution in [0.2, 0.25) is 0 Å². The van der Waals surface area contributed by atoms with Crippen LogP contribution < -0.4 is 5.73 Å². The van der Waals surface area contributed by atoms with Gasteiger partial charge in [-0.15, -0.1) is 0 Å². The van der Waals surface area contributed by atoms with E-state index in [2.05, 4.69) is 4.98 Å².